The second kappa shape index (κ2) is 5.77. The van der Waals surface area contributed by atoms with Crippen molar-refractivity contribution >= 4 is 39.0 Å². The minimum Gasteiger partial charge on any atom is -0.288 e. The number of nitrogens with one attached hydrogen (secondary N) is 1. The molecule has 110 valence electrons. The first-order chi connectivity index (χ1) is 10.5. The Labute approximate surface area is 136 Å². The Morgan fingerprint density at radius 2 is 1.59 bits per heavy atom. The number of amides is 2. The van der Waals surface area contributed by atoms with Gasteiger partial charge in [-0.3, -0.25) is 15.0 Å². The van der Waals surface area contributed by atoms with E-state index < -0.39 is 0 Å². The molecule has 4 nitrogen and oxygen atoms in total. The van der Waals surface area contributed by atoms with E-state index in [1.807, 2.05) is 43.3 Å². The first kappa shape index (κ1) is 14.5. The van der Waals surface area contributed by atoms with Crippen LogP contribution in [-0.4, -0.2) is 16.8 Å². The van der Waals surface area contributed by atoms with Crippen LogP contribution >= 0.6 is 15.9 Å². The summed E-state index contributed by atoms with van der Waals surface area (Å²) < 4.78 is 0.920. The van der Waals surface area contributed by atoms with Gasteiger partial charge in [-0.25, -0.2) is 0 Å². The average Bonchev–Trinajstić information content (AvgIpc) is 2.78. The van der Waals surface area contributed by atoms with Gasteiger partial charge in [-0.1, -0.05) is 45.8 Å². The Bertz CT molecular complexity index is 764. The van der Waals surface area contributed by atoms with Gasteiger partial charge >= 0.3 is 0 Å². The number of imide groups is 1. The van der Waals surface area contributed by atoms with Crippen LogP contribution in [0.5, 0.6) is 0 Å². The summed E-state index contributed by atoms with van der Waals surface area (Å²) in [6, 6.07) is 14.8. The minimum atomic E-state index is -0.372. The lowest BCUT2D eigenvalue weighted by atomic mass is 10.1. The van der Waals surface area contributed by atoms with Gasteiger partial charge in [-0.05, 0) is 36.8 Å². The Morgan fingerprint density at radius 1 is 0.955 bits per heavy atom. The summed E-state index contributed by atoms with van der Waals surface area (Å²) >= 11 is 3.35. The van der Waals surface area contributed by atoms with Gasteiger partial charge in [0, 0.05) is 10.5 Å². The molecule has 0 bridgehead atoms. The third-order valence-electron chi connectivity index (χ3n) is 3.37. The molecule has 0 saturated carbocycles. The van der Waals surface area contributed by atoms with Crippen molar-refractivity contribution in [1.82, 2.24) is 5.01 Å². The van der Waals surface area contributed by atoms with Crippen LogP contribution in [0.3, 0.4) is 0 Å². The van der Waals surface area contributed by atoms with E-state index in [1.165, 1.54) is 6.08 Å². The minimum absolute atomic E-state index is 0.354. The van der Waals surface area contributed by atoms with Crippen LogP contribution in [0.25, 0.3) is 5.57 Å². The molecule has 0 unspecified atom stereocenters. The standard InChI is InChI=1S/C17H13BrN2O2/c1-11-2-8-14(9-3-11)19-20-16(21)10-15(17(20)22)12-4-6-13(18)7-5-12/h2-10,19H,1H3. The van der Waals surface area contributed by atoms with Gasteiger partial charge in [0.05, 0.1) is 11.3 Å². The van der Waals surface area contributed by atoms with Crippen molar-refractivity contribution in [2.24, 2.45) is 0 Å². The maximum Gasteiger partial charge on any atom is 0.280 e. The van der Waals surface area contributed by atoms with E-state index >= 15 is 0 Å². The number of aryl methyl sites for hydroxylation is 1. The molecule has 3 rings (SSSR count). The van der Waals surface area contributed by atoms with Crippen LogP contribution in [-0.2, 0) is 9.59 Å². The molecule has 5 heteroatoms. The molecule has 1 aliphatic heterocycles. The number of anilines is 1. The second-order valence-corrected chi connectivity index (χ2v) is 5.94. The summed E-state index contributed by atoms with van der Waals surface area (Å²) in [6.45, 7) is 1.98. The van der Waals surface area contributed by atoms with Gasteiger partial charge in [0.15, 0.2) is 0 Å². The molecule has 0 fully saturated rings. The smallest absolute Gasteiger partial charge is 0.280 e. The maximum absolute atomic E-state index is 12.4. The van der Waals surface area contributed by atoms with E-state index in [-0.39, 0.29) is 11.8 Å². The maximum atomic E-state index is 12.4. The SMILES string of the molecule is Cc1ccc(NN2C(=O)C=C(c3ccc(Br)cc3)C2=O)cc1. The largest absolute Gasteiger partial charge is 0.288 e. The quantitative estimate of drug-likeness (QED) is 0.855. The van der Waals surface area contributed by atoms with E-state index in [0.717, 1.165) is 20.6 Å². The fourth-order valence-corrected chi connectivity index (χ4v) is 2.43. The molecule has 0 aliphatic carbocycles. The molecule has 0 saturated heterocycles. The van der Waals surface area contributed by atoms with Crippen LogP contribution in [0.15, 0.2) is 59.1 Å². The number of rotatable bonds is 3. The number of hydrogen-bond donors (Lipinski definition) is 1. The summed E-state index contributed by atoms with van der Waals surface area (Å²) in [5.41, 5.74) is 5.76. The fourth-order valence-electron chi connectivity index (χ4n) is 2.17. The van der Waals surface area contributed by atoms with Crippen molar-refractivity contribution in [3.63, 3.8) is 0 Å². The number of hydrogen-bond acceptors (Lipinski definition) is 3. The molecule has 1 heterocycles. The molecule has 22 heavy (non-hydrogen) atoms. The topological polar surface area (TPSA) is 49.4 Å². The van der Waals surface area contributed by atoms with Gasteiger partial charge in [-0.15, -0.1) is 0 Å². The van der Waals surface area contributed by atoms with E-state index in [4.69, 9.17) is 0 Å². The number of halogens is 1. The summed E-state index contributed by atoms with van der Waals surface area (Å²) in [4.78, 5) is 24.5. The predicted octanol–water partition coefficient (Wildman–Crippen LogP) is 3.54. The number of hydrazine groups is 1. The highest BCUT2D eigenvalue weighted by Gasteiger charge is 2.32. The van der Waals surface area contributed by atoms with Crippen molar-refractivity contribution in [3.05, 3.63) is 70.2 Å². The van der Waals surface area contributed by atoms with Crippen molar-refractivity contribution in [1.29, 1.82) is 0 Å². The third-order valence-corrected chi connectivity index (χ3v) is 3.90. The molecular formula is C17H13BrN2O2. The van der Waals surface area contributed by atoms with Crippen LogP contribution < -0.4 is 5.43 Å². The highest BCUT2D eigenvalue weighted by molar-refractivity contribution is 9.10. The molecule has 1 N–H and O–H groups in total. The molecule has 2 aromatic rings. The van der Waals surface area contributed by atoms with Gasteiger partial charge in [0.2, 0.25) is 0 Å². The lowest BCUT2D eigenvalue weighted by Gasteiger charge is -2.17. The zero-order valence-corrected chi connectivity index (χ0v) is 13.4. The highest BCUT2D eigenvalue weighted by atomic mass is 79.9. The van der Waals surface area contributed by atoms with Gasteiger partial charge in [-0.2, -0.15) is 5.01 Å². The second-order valence-electron chi connectivity index (χ2n) is 5.02. The molecule has 0 spiro atoms. The lowest BCUT2D eigenvalue weighted by molar-refractivity contribution is -0.134. The van der Waals surface area contributed by atoms with E-state index in [0.29, 0.717) is 11.3 Å². The van der Waals surface area contributed by atoms with Crippen LogP contribution in [0, 0.1) is 6.92 Å². The van der Waals surface area contributed by atoms with Gasteiger partial charge in [0.1, 0.15) is 0 Å². The normalized spacial score (nSPS) is 14.3. The summed E-state index contributed by atoms with van der Waals surface area (Å²) in [5, 5.41) is 1.03. The molecular weight excluding hydrogens is 344 g/mol. The van der Waals surface area contributed by atoms with Crippen LogP contribution in [0.2, 0.25) is 0 Å². The zero-order chi connectivity index (χ0) is 15.7. The Kier molecular flexibility index (Phi) is 3.81. The molecule has 0 atom stereocenters. The lowest BCUT2D eigenvalue weighted by Crippen LogP contribution is -2.36. The number of nitrogens with zero attached hydrogens (tertiary/aromatic N) is 1. The third kappa shape index (κ3) is 2.80. The summed E-state index contributed by atoms with van der Waals surface area (Å²) in [5.74, 6) is -0.726. The number of carbonyl (C=O) groups is 2. The van der Waals surface area contributed by atoms with Crippen LogP contribution in [0.1, 0.15) is 11.1 Å². The first-order valence-electron chi connectivity index (χ1n) is 6.74. The van der Waals surface area contributed by atoms with Crippen molar-refractivity contribution in [3.8, 4) is 0 Å². The van der Waals surface area contributed by atoms with Crippen LogP contribution in [0.4, 0.5) is 5.69 Å². The summed E-state index contributed by atoms with van der Waals surface area (Å²) in [6.07, 6.45) is 1.35. The van der Waals surface area contributed by atoms with E-state index in [9.17, 15) is 9.59 Å². The number of benzene rings is 2. The Balaban J connectivity index is 1.82. The van der Waals surface area contributed by atoms with Crippen molar-refractivity contribution < 1.29 is 9.59 Å². The average molecular weight is 357 g/mol. The highest BCUT2D eigenvalue weighted by Crippen LogP contribution is 2.25. The van der Waals surface area contributed by atoms with Crippen molar-refractivity contribution in [2.45, 2.75) is 6.92 Å². The molecule has 0 aromatic heterocycles. The van der Waals surface area contributed by atoms with Gasteiger partial charge in [0.25, 0.3) is 11.8 Å². The van der Waals surface area contributed by atoms with E-state index in [1.54, 1.807) is 12.1 Å². The molecule has 0 radical (unpaired) electrons. The Morgan fingerprint density at radius 3 is 2.23 bits per heavy atom. The summed E-state index contributed by atoms with van der Waals surface area (Å²) in [7, 11) is 0. The van der Waals surface area contributed by atoms with Gasteiger partial charge < -0.3 is 0 Å². The Hall–Kier alpha value is -2.40. The van der Waals surface area contributed by atoms with E-state index in [2.05, 4.69) is 21.4 Å². The fraction of sp³-hybridized carbons (Fsp3) is 0.0588. The first-order valence-corrected chi connectivity index (χ1v) is 7.53. The predicted molar refractivity (Wildman–Crippen MR) is 88.8 cm³/mol. The number of carbonyl (C=O) groups excluding carboxylic acids is 2. The molecule has 2 amide bonds. The zero-order valence-electron chi connectivity index (χ0n) is 11.8. The molecule has 1 aliphatic rings. The van der Waals surface area contributed by atoms with Crippen molar-refractivity contribution in [2.75, 3.05) is 5.43 Å². The monoisotopic (exact) mass is 356 g/mol. The molecule has 2 aromatic carbocycles.